The molecule has 184 valence electrons. The maximum atomic E-state index is 13.2. The summed E-state index contributed by atoms with van der Waals surface area (Å²) in [7, 11) is 0. The van der Waals surface area contributed by atoms with Crippen LogP contribution in [0.25, 0.3) is 0 Å². The number of nitrogen functional groups attached to an aromatic ring is 1. The third-order valence-electron chi connectivity index (χ3n) is 5.33. The van der Waals surface area contributed by atoms with Gasteiger partial charge in [-0.25, -0.2) is 4.79 Å². The minimum atomic E-state index is -4.48. The standard InChI is InChI=1S/C27H28F3N3O2/c1-3-35-26(34)24(18(2)33-23-11-7-10-21(16-23)27(28,29)30)25(20-12-14-22(31)15-13-20)32-17-19-8-5-4-6-9-19/h4-16,25,32-33H,3,17,31H2,1-2H3/b24-18+/t25-/m1/s1. The van der Waals surface area contributed by atoms with Gasteiger partial charge in [-0.1, -0.05) is 48.5 Å². The number of benzene rings is 3. The molecule has 3 aromatic carbocycles. The summed E-state index contributed by atoms with van der Waals surface area (Å²) in [5.74, 6) is -0.577. The van der Waals surface area contributed by atoms with E-state index in [9.17, 15) is 18.0 Å². The van der Waals surface area contributed by atoms with Crippen LogP contribution in [0.15, 0.2) is 90.1 Å². The Bertz CT molecular complexity index is 1160. The van der Waals surface area contributed by atoms with E-state index in [-0.39, 0.29) is 17.9 Å². The van der Waals surface area contributed by atoms with Crippen molar-refractivity contribution in [1.29, 1.82) is 0 Å². The van der Waals surface area contributed by atoms with Crippen molar-refractivity contribution in [3.8, 4) is 0 Å². The highest BCUT2D eigenvalue weighted by molar-refractivity contribution is 5.91. The average Bonchev–Trinajstić information content (AvgIpc) is 2.82. The van der Waals surface area contributed by atoms with Crippen LogP contribution in [0.5, 0.6) is 0 Å². The van der Waals surface area contributed by atoms with E-state index in [4.69, 9.17) is 10.5 Å². The van der Waals surface area contributed by atoms with Gasteiger partial charge in [-0.15, -0.1) is 0 Å². The van der Waals surface area contributed by atoms with Crippen molar-refractivity contribution < 1.29 is 22.7 Å². The third-order valence-corrected chi connectivity index (χ3v) is 5.33. The second kappa shape index (κ2) is 11.6. The molecule has 0 fully saturated rings. The van der Waals surface area contributed by atoms with E-state index in [1.807, 2.05) is 30.3 Å². The lowest BCUT2D eigenvalue weighted by molar-refractivity contribution is -0.139. The third kappa shape index (κ3) is 7.10. The second-order valence-electron chi connectivity index (χ2n) is 7.93. The Labute approximate surface area is 202 Å². The van der Waals surface area contributed by atoms with Crippen LogP contribution in [0.2, 0.25) is 0 Å². The van der Waals surface area contributed by atoms with E-state index in [1.54, 1.807) is 38.1 Å². The molecule has 0 spiro atoms. The topological polar surface area (TPSA) is 76.4 Å². The molecule has 0 aromatic heterocycles. The van der Waals surface area contributed by atoms with Gasteiger partial charge in [-0.2, -0.15) is 13.2 Å². The first-order valence-electron chi connectivity index (χ1n) is 11.1. The Hall–Kier alpha value is -3.78. The molecule has 4 N–H and O–H groups in total. The first-order valence-corrected chi connectivity index (χ1v) is 11.1. The van der Waals surface area contributed by atoms with Crippen LogP contribution in [0.4, 0.5) is 24.5 Å². The van der Waals surface area contributed by atoms with Gasteiger partial charge in [0.05, 0.1) is 23.8 Å². The molecule has 5 nitrogen and oxygen atoms in total. The molecule has 0 aliphatic heterocycles. The molecule has 0 radical (unpaired) electrons. The number of carbonyl (C=O) groups is 1. The molecule has 0 saturated carbocycles. The zero-order valence-corrected chi connectivity index (χ0v) is 19.5. The summed E-state index contributed by atoms with van der Waals surface area (Å²) in [6.45, 7) is 3.92. The molecular formula is C27H28F3N3O2. The molecule has 35 heavy (non-hydrogen) atoms. The van der Waals surface area contributed by atoms with Crippen LogP contribution in [0, 0.1) is 0 Å². The smallest absolute Gasteiger partial charge is 0.416 e. The molecular weight excluding hydrogens is 455 g/mol. The molecule has 0 unspecified atom stereocenters. The molecule has 0 heterocycles. The largest absolute Gasteiger partial charge is 0.463 e. The van der Waals surface area contributed by atoms with Crippen LogP contribution in [-0.2, 0) is 22.3 Å². The molecule has 0 amide bonds. The van der Waals surface area contributed by atoms with E-state index in [0.29, 0.717) is 17.9 Å². The zero-order valence-electron chi connectivity index (χ0n) is 19.5. The lowest BCUT2D eigenvalue weighted by atomic mass is 9.96. The number of carbonyl (C=O) groups excluding carboxylic acids is 1. The van der Waals surface area contributed by atoms with Gasteiger partial charge in [0.25, 0.3) is 0 Å². The number of nitrogens with two attached hydrogens (primary N) is 1. The van der Waals surface area contributed by atoms with E-state index in [2.05, 4.69) is 10.6 Å². The number of anilines is 2. The monoisotopic (exact) mass is 483 g/mol. The quantitative estimate of drug-likeness (QED) is 0.196. The predicted octanol–water partition coefficient (Wildman–Crippen LogP) is 6.07. The van der Waals surface area contributed by atoms with Crippen molar-refractivity contribution in [2.45, 2.75) is 32.6 Å². The number of alkyl halides is 3. The molecule has 1 atom stereocenters. The van der Waals surface area contributed by atoms with Crippen molar-refractivity contribution in [2.75, 3.05) is 17.7 Å². The zero-order chi connectivity index (χ0) is 25.4. The Morgan fingerprint density at radius 3 is 2.31 bits per heavy atom. The van der Waals surface area contributed by atoms with E-state index < -0.39 is 23.8 Å². The fraction of sp³-hybridized carbons (Fsp3) is 0.222. The second-order valence-corrected chi connectivity index (χ2v) is 7.93. The Morgan fingerprint density at radius 1 is 1.00 bits per heavy atom. The van der Waals surface area contributed by atoms with E-state index in [0.717, 1.165) is 23.3 Å². The minimum absolute atomic E-state index is 0.145. The molecule has 0 aliphatic rings. The summed E-state index contributed by atoms with van der Waals surface area (Å²) >= 11 is 0. The highest BCUT2D eigenvalue weighted by atomic mass is 19.4. The van der Waals surface area contributed by atoms with E-state index in [1.165, 1.54) is 12.1 Å². The van der Waals surface area contributed by atoms with Gasteiger partial charge in [0.15, 0.2) is 0 Å². The minimum Gasteiger partial charge on any atom is -0.463 e. The van der Waals surface area contributed by atoms with E-state index >= 15 is 0 Å². The van der Waals surface area contributed by atoms with Crippen molar-refractivity contribution in [3.63, 3.8) is 0 Å². The number of halogens is 3. The van der Waals surface area contributed by atoms with Gasteiger partial charge >= 0.3 is 12.1 Å². The summed E-state index contributed by atoms with van der Waals surface area (Å²) in [5, 5.41) is 6.36. The lowest BCUT2D eigenvalue weighted by Gasteiger charge is -2.24. The first-order chi connectivity index (χ1) is 16.7. The predicted molar refractivity (Wildman–Crippen MR) is 131 cm³/mol. The lowest BCUT2D eigenvalue weighted by Crippen LogP contribution is -2.29. The van der Waals surface area contributed by atoms with Crippen LogP contribution in [-0.4, -0.2) is 12.6 Å². The van der Waals surface area contributed by atoms with Crippen molar-refractivity contribution in [3.05, 3.63) is 107 Å². The number of esters is 1. The number of rotatable bonds is 9. The molecule has 3 rings (SSSR count). The Balaban J connectivity index is 2.04. The fourth-order valence-corrected chi connectivity index (χ4v) is 3.64. The maximum absolute atomic E-state index is 13.2. The molecule has 0 bridgehead atoms. The van der Waals surface area contributed by atoms with Crippen molar-refractivity contribution in [1.82, 2.24) is 5.32 Å². The molecule has 3 aromatic rings. The number of allylic oxidation sites excluding steroid dienone is 1. The van der Waals surface area contributed by atoms with Crippen molar-refractivity contribution in [2.24, 2.45) is 0 Å². The Morgan fingerprint density at radius 2 is 1.69 bits per heavy atom. The number of hydrogen-bond acceptors (Lipinski definition) is 5. The maximum Gasteiger partial charge on any atom is 0.416 e. The van der Waals surface area contributed by atoms with Crippen LogP contribution in [0.3, 0.4) is 0 Å². The van der Waals surface area contributed by atoms with Gasteiger partial charge in [0.2, 0.25) is 0 Å². The summed E-state index contributed by atoms with van der Waals surface area (Å²) in [6.07, 6.45) is -4.48. The van der Waals surface area contributed by atoms with Gasteiger partial charge in [0.1, 0.15) is 0 Å². The number of ether oxygens (including phenoxy) is 1. The molecule has 8 heteroatoms. The SMILES string of the molecule is CCOC(=O)/C(=C(\C)Nc1cccc(C(F)(F)F)c1)[C@H](NCc1ccccc1)c1ccc(N)cc1. The first kappa shape index (κ1) is 25.8. The summed E-state index contributed by atoms with van der Waals surface area (Å²) in [4.78, 5) is 13.1. The number of hydrogen-bond donors (Lipinski definition) is 3. The molecule has 0 aliphatic carbocycles. The normalized spacial score (nSPS) is 13.1. The van der Waals surface area contributed by atoms with Crippen LogP contribution < -0.4 is 16.4 Å². The highest BCUT2D eigenvalue weighted by Crippen LogP contribution is 2.32. The summed E-state index contributed by atoms with van der Waals surface area (Å²) in [6, 6.07) is 20.9. The van der Waals surface area contributed by atoms with Gasteiger partial charge in [-0.05, 0) is 55.3 Å². The summed E-state index contributed by atoms with van der Waals surface area (Å²) < 4.78 is 44.9. The summed E-state index contributed by atoms with van der Waals surface area (Å²) in [5.41, 5.74) is 8.22. The van der Waals surface area contributed by atoms with Crippen LogP contribution >= 0.6 is 0 Å². The average molecular weight is 484 g/mol. The highest BCUT2D eigenvalue weighted by Gasteiger charge is 2.31. The van der Waals surface area contributed by atoms with Gasteiger partial charge in [-0.3, -0.25) is 0 Å². The van der Waals surface area contributed by atoms with Crippen molar-refractivity contribution >= 4 is 17.3 Å². The Kier molecular flexibility index (Phi) is 8.54. The number of nitrogens with one attached hydrogen (secondary N) is 2. The molecule has 0 saturated heterocycles. The van der Waals surface area contributed by atoms with Crippen LogP contribution in [0.1, 0.15) is 36.6 Å². The fourth-order valence-electron chi connectivity index (χ4n) is 3.64. The van der Waals surface area contributed by atoms with Gasteiger partial charge in [0, 0.05) is 23.6 Å². The van der Waals surface area contributed by atoms with Gasteiger partial charge < -0.3 is 21.1 Å².